The Morgan fingerprint density at radius 3 is 2.55 bits per heavy atom. The fourth-order valence-electron chi connectivity index (χ4n) is 3.00. The number of aromatic nitrogens is 3. The predicted molar refractivity (Wildman–Crippen MR) is 108 cm³/mol. The zero-order valence-corrected chi connectivity index (χ0v) is 17.5. The summed E-state index contributed by atoms with van der Waals surface area (Å²) < 4.78 is 33.3. The average molecular weight is 417 g/mol. The van der Waals surface area contributed by atoms with Crippen LogP contribution in [0.15, 0.2) is 45.9 Å². The molecule has 154 valence electrons. The fraction of sp³-hybridized carbons (Fsp3) is 0.316. The van der Waals surface area contributed by atoms with Gasteiger partial charge in [0, 0.05) is 38.8 Å². The minimum absolute atomic E-state index is 0.0796. The van der Waals surface area contributed by atoms with Gasteiger partial charge in [0.15, 0.2) is 0 Å². The van der Waals surface area contributed by atoms with E-state index in [0.29, 0.717) is 36.1 Å². The maximum Gasteiger partial charge on any atom is 0.272 e. The smallest absolute Gasteiger partial charge is 0.272 e. The molecule has 1 amide bonds. The van der Waals surface area contributed by atoms with Crippen molar-refractivity contribution in [3.05, 3.63) is 48.1 Å². The zero-order chi connectivity index (χ0) is 21.2. The quantitative estimate of drug-likeness (QED) is 0.633. The third kappa shape index (κ3) is 4.08. The monoisotopic (exact) mass is 417 g/mol. The van der Waals surface area contributed by atoms with E-state index in [1.807, 2.05) is 0 Å². The summed E-state index contributed by atoms with van der Waals surface area (Å²) in [5, 5.41) is 6.70. The SMILES string of the molecule is CCN(CC)S(=O)(=O)c1cc(C(=O)Nc2ccccc2-c2noc(C)n2)n(C)c1. The minimum atomic E-state index is -3.66. The molecule has 0 spiro atoms. The number of carbonyl (C=O) groups is 1. The van der Waals surface area contributed by atoms with Gasteiger partial charge in [-0.1, -0.05) is 31.1 Å². The largest absolute Gasteiger partial charge is 0.345 e. The molecule has 0 aliphatic carbocycles. The first-order valence-electron chi connectivity index (χ1n) is 9.15. The van der Waals surface area contributed by atoms with E-state index < -0.39 is 15.9 Å². The van der Waals surface area contributed by atoms with Gasteiger partial charge in [0.1, 0.15) is 10.6 Å². The van der Waals surface area contributed by atoms with Crippen molar-refractivity contribution in [3.8, 4) is 11.4 Å². The standard InChI is InChI=1S/C19H23N5O4S/c1-5-24(6-2)29(26,27)14-11-17(23(4)12-14)19(25)21-16-10-8-7-9-15(16)18-20-13(3)28-22-18/h7-12H,5-6H2,1-4H3,(H,21,25). The van der Waals surface area contributed by atoms with Gasteiger partial charge in [0.25, 0.3) is 5.91 Å². The van der Waals surface area contributed by atoms with Crippen molar-refractivity contribution in [1.82, 2.24) is 19.0 Å². The Balaban J connectivity index is 1.91. The van der Waals surface area contributed by atoms with Gasteiger partial charge in [-0.3, -0.25) is 4.79 Å². The van der Waals surface area contributed by atoms with Gasteiger partial charge in [0.05, 0.1) is 5.69 Å². The maximum atomic E-state index is 12.9. The highest BCUT2D eigenvalue weighted by atomic mass is 32.2. The van der Waals surface area contributed by atoms with Crippen molar-refractivity contribution in [3.63, 3.8) is 0 Å². The number of rotatable bonds is 7. The highest BCUT2D eigenvalue weighted by molar-refractivity contribution is 7.89. The third-order valence-corrected chi connectivity index (χ3v) is 6.51. The van der Waals surface area contributed by atoms with Crippen molar-refractivity contribution in [1.29, 1.82) is 0 Å². The van der Waals surface area contributed by atoms with Crippen LogP contribution in [0.2, 0.25) is 0 Å². The number of hydrogen-bond donors (Lipinski definition) is 1. The Labute approximate surface area is 169 Å². The molecule has 3 aromatic rings. The molecule has 1 N–H and O–H groups in total. The van der Waals surface area contributed by atoms with Crippen LogP contribution >= 0.6 is 0 Å². The van der Waals surface area contributed by atoms with Gasteiger partial charge in [-0.2, -0.15) is 9.29 Å². The summed E-state index contributed by atoms with van der Waals surface area (Å²) in [6.07, 6.45) is 1.44. The molecular formula is C19H23N5O4S. The lowest BCUT2D eigenvalue weighted by atomic mass is 10.1. The Bertz CT molecular complexity index is 1130. The van der Waals surface area contributed by atoms with Crippen LogP contribution in [0.25, 0.3) is 11.4 Å². The van der Waals surface area contributed by atoms with E-state index in [1.165, 1.54) is 21.1 Å². The molecule has 0 aliphatic rings. The van der Waals surface area contributed by atoms with Crippen molar-refractivity contribution in [2.24, 2.45) is 7.05 Å². The van der Waals surface area contributed by atoms with Crippen LogP contribution in [0.4, 0.5) is 5.69 Å². The Hall–Kier alpha value is -2.98. The molecule has 3 rings (SSSR count). The highest BCUT2D eigenvalue weighted by Gasteiger charge is 2.25. The van der Waals surface area contributed by atoms with Crippen LogP contribution in [-0.2, 0) is 17.1 Å². The van der Waals surface area contributed by atoms with E-state index in [-0.39, 0.29) is 10.6 Å². The number of anilines is 1. The molecule has 0 radical (unpaired) electrons. The van der Waals surface area contributed by atoms with Crippen molar-refractivity contribution in [2.45, 2.75) is 25.7 Å². The molecule has 0 aliphatic heterocycles. The Morgan fingerprint density at radius 1 is 1.24 bits per heavy atom. The predicted octanol–water partition coefficient (Wildman–Crippen LogP) is 2.67. The Kier molecular flexibility index (Phi) is 5.85. The number of hydrogen-bond acceptors (Lipinski definition) is 6. The minimum Gasteiger partial charge on any atom is -0.345 e. The van der Waals surface area contributed by atoms with Crippen LogP contribution in [0.3, 0.4) is 0 Å². The molecule has 29 heavy (non-hydrogen) atoms. The second-order valence-corrected chi connectivity index (χ2v) is 8.34. The number of carbonyl (C=O) groups excluding carboxylic acids is 1. The van der Waals surface area contributed by atoms with Crippen LogP contribution < -0.4 is 5.32 Å². The molecule has 0 saturated heterocycles. The van der Waals surface area contributed by atoms with Crippen molar-refractivity contribution in [2.75, 3.05) is 18.4 Å². The molecule has 1 aromatic carbocycles. The van der Waals surface area contributed by atoms with E-state index in [4.69, 9.17) is 4.52 Å². The molecule has 0 fully saturated rings. The number of para-hydroxylation sites is 1. The van der Waals surface area contributed by atoms with Crippen molar-refractivity contribution < 1.29 is 17.7 Å². The lowest BCUT2D eigenvalue weighted by molar-refractivity contribution is 0.101. The number of amides is 1. The lowest BCUT2D eigenvalue weighted by Crippen LogP contribution is -2.30. The van der Waals surface area contributed by atoms with E-state index in [1.54, 1.807) is 52.1 Å². The van der Waals surface area contributed by atoms with E-state index in [2.05, 4.69) is 15.5 Å². The second-order valence-electron chi connectivity index (χ2n) is 6.40. The second kappa shape index (κ2) is 8.18. The first kappa shape index (κ1) is 20.7. The van der Waals surface area contributed by atoms with Crippen molar-refractivity contribution >= 4 is 21.6 Å². The molecule has 0 unspecified atom stereocenters. The molecule has 9 nitrogen and oxygen atoms in total. The number of sulfonamides is 1. The summed E-state index contributed by atoms with van der Waals surface area (Å²) in [5.74, 6) is 0.325. The van der Waals surface area contributed by atoms with Crippen LogP contribution in [-0.4, -0.2) is 46.4 Å². The normalized spacial score (nSPS) is 11.8. The fourth-order valence-corrected chi connectivity index (χ4v) is 4.53. The van der Waals surface area contributed by atoms with Crippen LogP contribution in [0.5, 0.6) is 0 Å². The molecule has 2 aromatic heterocycles. The highest BCUT2D eigenvalue weighted by Crippen LogP contribution is 2.26. The molecule has 0 saturated carbocycles. The van der Waals surface area contributed by atoms with Gasteiger partial charge >= 0.3 is 0 Å². The molecule has 0 bridgehead atoms. The van der Waals surface area contributed by atoms with Gasteiger partial charge in [-0.05, 0) is 18.2 Å². The van der Waals surface area contributed by atoms with E-state index in [0.717, 1.165) is 0 Å². The number of nitrogens with one attached hydrogen (secondary N) is 1. The molecule has 2 heterocycles. The number of benzene rings is 1. The lowest BCUT2D eigenvalue weighted by Gasteiger charge is -2.17. The van der Waals surface area contributed by atoms with Gasteiger partial charge in [-0.15, -0.1) is 0 Å². The van der Waals surface area contributed by atoms with Gasteiger partial charge in [-0.25, -0.2) is 8.42 Å². The zero-order valence-electron chi connectivity index (χ0n) is 16.7. The first-order valence-corrected chi connectivity index (χ1v) is 10.6. The maximum absolute atomic E-state index is 12.9. The topological polar surface area (TPSA) is 110 Å². The summed E-state index contributed by atoms with van der Waals surface area (Å²) in [6, 6.07) is 8.43. The molecule has 10 heteroatoms. The number of aryl methyl sites for hydroxylation is 2. The average Bonchev–Trinajstić information content (AvgIpc) is 3.29. The summed E-state index contributed by atoms with van der Waals surface area (Å²) in [6.45, 7) is 5.93. The number of nitrogens with zero attached hydrogens (tertiary/aromatic N) is 4. The van der Waals surface area contributed by atoms with Gasteiger partial charge in [0.2, 0.25) is 21.7 Å². The first-order chi connectivity index (χ1) is 13.8. The Morgan fingerprint density at radius 2 is 1.93 bits per heavy atom. The summed E-state index contributed by atoms with van der Waals surface area (Å²) >= 11 is 0. The molecule has 0 atom stereocenters. The van der Waals surface area contributed by atoms with E-state index in [9.17, 15) is 13.2 Å². The third-order valence-electron chi connectivity index (χ3n) is 4.50. The summed E-state index contributed by atoms with van der Waals surface area (Å²) in [4.78, 5) is 17.1. The van der Waals surface area contributed by atoms with Crippen LogP contribution in [0.1, 0.15) is 30.2 Å². The molecular weight excluding hydrogens is 394 g/mol. The van der Waals surface area contributed by atoms with Gasteiger partial charge < -0.3 is 14.4 Å². The summed E-state index contributed by atoms with van der Waals surface area (Å²) in [5.41, 5.74) is 1.31. The summed E-state index contributed by atoms with van der Waals surface area (Å²) in [7, 11) is -2.03. The van der Waals surface area contributed by atoms with Crippen LogP contribution in [0, 0.1) is 6.92 Å². The van der Waals surface area contributed by atoms with E-state index >= 15 is 0 Å².